The Morgan fingerprint density at radius 2 is 1.57 bits per heavy atom. The second kappa shape index (κ2) is 10.7. The third kappa shape index (κ3) is 4.53. The standard InChI is InChI=1S/C37H58O10/c1-18(15-21(45-19(2)38)30-33(5,6)47-30)25-27(41)29(43)35(8)23-10-9-22-32(3,4)24(46-31-28(42)26(40)20(39)16-44-31)11-12-36(22)17-37(23,36)14-13-34(25,35)7/h18,20-26,28-31,39-40,42-43H,9-17H2,1-8H3/t18-,20+,21-,22?,23+,24+,25+,26+,28?,29+,30+,31+,34-,35-,36-,37+/m1/s1. The van der Waals surface area contributed by atoms with Gasteiger partial charge in [0.25, 0.3) is 0 Å². The highest BCUT2D eigenvalue weighted by Gasteiger charge is 2.84. The molecule has 7 fully saturated rings. The number of ketones is 1. The Morgan fingerprint density at radius 1 is 0.936 bits per heavy atom. The van der Waals surface area contributed by atoms with Crippen LogP contribution >= 0.6 is 0 Å². The van der Waals surface area contributed by atoms with Crippen molar-refractivity contribution < 1.29 is 49.0 Å². The minimum atomic E-state index is -1.31. The van der Waals surface area contributed by atoms with E-state index in [9.17, 15) is 30.0 Å². The molecular formula is C37H58O10. The van der Waals surface area contributed by atoms with Crippen LogP contribution in [-0.2, 0) is 28.5 Å². The van der Waals surface area contributed by atoms with Crippen LogP contribution in [0.4, 0.5) is 0 Å². The Bertz CT molecular complexity index is 1300. The lowest BCUT2D eigenvalue weighted by atomic mass is 9.41. The maximum atomic E-state index is 14.2. The number of aliphatic hydroxyl groups is 4. The molecule has 2 saturated heterocycles. The average molecular weight is 663 g/mol. The first-order valence-electron chi connectivity index (χ1n) is 18.2. The molecule has 10 nitrogen and oxygen atoms in total. The van der Waals surface area contributed by atoms with Crippen molar-refractivity contribution in [2.75, 3.05) is 6.61 Å². The summed E-state index contributed by atoms with van der Waals surface area (Å²) in [6.45, 7) is 16.4. The van der Waals surface area contributed by atoms with E-state index in [1.54, 1.807) is 0 Å². The van der Waals surface area contributed by atoms with Crippen LogP contribution in [0, 0.1) is 50.7 Å². The SMILES string of the molecule is CC(=O)O[C@H](C[C@@H](C)[C@H]1C(=O)[C@H](O)[C@@]2(C)[C@@H]3CCC4C(C)(C)[C@@H](O[C@@H]5OC[C@H](O)[C@H](O)C5O)CC[C@@]45C[C@@]35CC[C@]12C)[C@@H]1OC1(C)C. The van der Waals surface area contributed by atoms with Crippen LogP contribution in [0.25, 0.3) is 0 Å². The number of epoxide rings is 1. The average Bonchev–Trinajstić information content (AvgIpc) is 3.84. The van der Waals surface area contributed by atoms with Crippen molar-refractivity contribution in [1.82, 2.24) is 0 Å². The molecule has 2 aliphatic heterocycles. The van der Waals surface area contributed by atoms with Crippen molar-refractivity contribution >= 4 is 11.8 Å². The molecule has 7 rings (SSSR count). The predicted molar refractivity (Wildman–Crippen MR) is 170 cm³/mol. The summed E-state index contributed by atoms with van der Waals surface area (Å²) in [5, 5.41) is 42.8. The summed E-state index contributed by atoms with van der Waals surface area (Å²) in [4.78, 5) is 26.3. The quantitative estimate of drug-likeness (QED) is 0.181. The smallest absolute Gasteiger partial charge is 0.302 e. The molecule has 4 N–H and O–H groups in total. The van der Waals surface area contributed by atoms with E-state index in [2.05, 4.69) is 34.6 Å². The third-order valence-corrected chi connectivity index (χ3v) is 15.7. The van der Waals surface area contributed by atoms with E-state index in [1.807, 2.05) is 13.8 Å². The normalized spacial score (nSPS) is 53.5. The van der Waals surface area contributed by atoms with Crippen molar-refractivity contribution in [3.05, 3.63) is 0 Å². The number of ether oxygens (including phenoxy) is 4. The number of Topliss-reactive ketones (excluding diaryl/α,β-unsaturated/α-hetero) is 1. The number of hydrogen-bond acceptors (Lipinski definition) is 10. The minimum Gasteiger partial charge on any atom is -0.460 e. The van der Waals surface area contributed by atoms with Gasteiger partial charge in [0.2, 0.25) is 0 Å². The molecule has 7 aliphatic rings. The lowest BCUT2D eigenvalue weighted by Gasteiger charge is -2.63. The maximum absolute atomic E-state index is 14.2. The van der Waals surface area contributed by atoms with Gasteiger partial charge in [0.05, 0.1) is 18.3 Å². The Morgan fingerprint density at radius 3 is 2.21 bits per heavy atom. The largest absolute Gasteiger partial charge is 0.460 e. The van der Waals surface area contributed by atoms with Crippen LogP contribution in [0.2, 0.25) is 0 Å². The van der Waals surface area contributed by atoms with E-state index in [0.717, 1.165) is 44.9 Å². The summed E-state index contributed by atoms with van der Waals surface area (Å²) in [6, 6.07) is 0. The monoisotopic (exact) mass is 662 g/mol. The van der Waals surface area contributed by atoms with Crippen LogP contribution < -0.4 is 0 Å². The van der Waals surface area contributed by atoms with Gasteiger partial charge in [-0.25, -0.2) is 0 Å². The molecule has 10 heteroatoms. The van der Waals surface area contributed by atoms with Gasteiger partial charge < -0.3 is 39.4 Å². The fourth-order valence-electron chi connectivity index (χ4n) is 13.2. The second-order valence-electron chi connectivity index (χ2n) is 18.4. The molecule has 2 spiro atoms. The van der Waals surface area contributed by atoms with Gasteiger partial charge in [-0.15, -0.1) is 0 Å². The van der Waals surface area contributed by atoms with Crippen LogP contribution in [0.15, 0.2) is 0 Å². The highest BCUT2D eigenvalue weighted by molar-refractivity contribution is 5.90. The fourth-order valence-corrected chi connectivity index (χ4v) is 13.2. The Hall–Kier alpha value is -1.14. The number of carbonyl (C=O) groups excluding carboxylic acids is 2. The lowest BCUT2D eigenvalue weighted by Crippen LogP contribution is -2.61. The zero-order valence-corrected chi connectivity index (χ0v) is 29.5. The molecular weight excluding hydrogens is 604 g/mol. The predicted octanol–water partition coefficient (Wildman–Crippen LogP) is 3.53. The molecule has 47 heavy (non-hydrogen) atoms. The van der Waals surface area contributed by atoms with E-state index in [0.29, 0.717) is 12.3 Å². The van der Waals surface area contributed by atoms with Crippen molar-refractivity contribution in [2.24, 2.45) is 50.7 Å². The Kier molecular flexibility index (Phi) is 7.80. The Balaban J connectivity index is 1.12. The summed E-state index contributed by atoms with van der Waals surface area (Å²) < 4.78 is 23.7. The molecule has 5 saturated carbocycles. The van der Waals surface area contributed by atoms with Crippen molar-refractivity contribution in [3.63, 3.8) is 0 Å². The molecule has 0 aromatic carbocycles. The van der Waals surface area contributed by atoms with Gasteiger partial charge >= 0.3 is 5.97 Å². The fraction of sp³-hybridized carbons (Fsp3) is 0.946. The van der Waals surface area contributed by atoms with Crippen LogP contribution in [-0.4, -0.2) is 93.4 Å². The van der Waals surface area contributed by atoms with E-state index in [1.165, 1.54) is 6.92 Å². The zero-order valence-electron chi connectivity index (χ0n) is 29.5. The van der Waals surface area contributed by atoms with E-state index in [-0.39, 0.29) is 75.6 Å². The molecule has 2 heterocycles. The van der Waals surface area contributed by atoms with Crippen molar-refractivity contribution in [1.29, 1.82) is 0 Å². The molecule has 0 aromatic rings. The van der Waals surface area contributed by atoms with Gasteiger partial charge in [0.1, 0.15) is 36.6 Å². The number of fused-ring (bicyclic) bond motifs is 2. The zero-order chi connectivity index (χ0) is 34.3. The lowest BCUT2D eigenvalue weighted by molar-refractivity contribution is -0.303. The first kappa shape index (κ1) is 34.3. The highest BCUT2D eigenvalue weighted by atomic mass is 16.7. The van der Waals surface area contributed by atoms with E-state index < -0.39 is 42.2 Å². The van der Waals surface area contributed by atoms with Crippen molar-refractivity contribution in [2.45, 2.75) is 161 Å². The molecule has 266 valence electrons. The topological polar surface area (TPSA) is 155 Å². The summed E-state index contributed by atoms with van der Waals surface area (Å²) in [5.74, 6) is -0.211. The number of esters is 1. The summed E-state index contributed by atoms with van der Waals surface area (Å²) >= 11 is 0. The van der Waals surface area contributed by atoms with E-state index >= 15 is 0 Å². The van der Waals surface area contributed by atoms with Gasteiger partial charge in [0, 0.05) is 18.3 Å². The third-order valence-electron chi connectivity index (χ3n) is 15.7. The number of aliphatic hydroxyl groups excluding tert-OH is 4. The summed E-state index contributed by atoms with van der Waals surface area (Å²) in [6.07, 6.45) is 0.666. The molecule has 5 aliphatic carbocycles. The highest BCUT2D eigenvalue weighted by Crippen LogP contribution is 2.89. The first-order chi connectivity index (χ1) is 21.8. The van der Waals surface area contributed by atoms with Crippen LogP contribution in [0.1, 0.15) is 107 Å². The van der Waals surface area contributed by atoms with Gasteiger partial charge in [-0.1, -0.05) is 34.6 Å². The first-order valence-corrected chi connectivity index (χ1v) is 18.2. The second-order valence-corrected chi connectivity index (χ2v) is 18.4. The molecule has 2 unspecified atom stereocenters. The number of hydrogen-bond donors (Lipinski definition) is 4. The van der Waals surface area contributed by atoms with Gasteiger partial charge in [-0.2, -0.15) is 0 Å². The maximum Gasteiger partial charge on any atom is 0.302 e. The molecule has 0 radical (unpaired) electrons. The Labute approximate surface area is 279 Å². The summed E-state index contributed by atoms with van der Waals surface area (Å²) in [7, 11) is 0. The minimum absolute atomic E-state index is 0.0512. The summed E-state index contributed by atoms with van der Waals surface area (Å²) in [5.41, 5.74) is -1.34. The van der Waals surface area contributed by atoms with Gasteiger partial charge in [-0.05, 0) is 105 Å². The molecule has 16 atom stereocenters. The number of carbonyl (C=O) groups is 2. The molecule has 0 aromatic heterocycles. The van der Waals surface area contributed by atoms with Crippen LogP contribution in [0.3, 0.4) is 0 Å². The van der Waals surface area contributed by atoms with Gasteiger partial charge in [0.15, 0.2) is 12.1 Å². The van der Waals surface area contributed by atoms with Crippen LogP contribution in [0.5, 0.6) is 0 Å². The van der Waals surface area contributed by atoms with Gasteiger partial charge in [-0.3, -0.25) is 9.59 Å². The molecule has 0 amide bonds. The number of rotatable bonds is 7. The van der Waals surface area contributed by atoms with E-state index in [4.69, 9.17) is 18.9 Å². The molecule has 0 bridgehead atoms. The van der Waals surface area contributed by atoms with Crippen molar-refractivity contribution in [3.8, 4) is 0 Å².